The van der Waals surface area contributed by atoms with E-state index in [1.54, 1.807) is 0 Å². The number of benzene rings is 1. The molecule has 1 aliphatic rings. The molecule has 35 heavy (non-hydrogen) atoms. The van der Waals surface area contributed by atoms with E-state index >= 15 is 0 Å². The van der Waals surface area contributed by atoms with Crippen molar-refractivity contribution in [3.05, 3.63) is 48.0 Å². The molecule has 10 nitrogen and oxygen atoms in total. The molecule has 4 rings (SSSR count). The second-order valence-corrected chi connectivity index (χ2v) is 7.85. The summed E-state index contributed by atoms with van der Waals surface area (Å²) in [4.78, 5) is 21.9. The zero-order valence-corrected chi connectivity index (χ0v) is 18.7. The number of alkyl halides is 2. The number of hydrogen-bond donors (Lipinski definition) is 2. The molecule has 0 amide bonds. The fraction of sp³-hybridized carbons (Fsp3) is 0.318. The van der Waals surface area contributed by atoms with Crippen LogP contribution in [0.25, 0.3) is 11.1 Å². The van der Waals surface area contributed by atoms with E-state index in [4.69, 9.17) is 4.74 Å². The first-order valence-electron chi connectivity index (χ1n) is 10.6. The average molecular weight is 490 g/mol. The lowest BCUT2D eigenvalue weighted by Gasteiger charge is -2.35. The Labute approximate surface area is 197 Å². The van der Waals surface area contributed by atoms with Gasteiger partial charge in [0.25, 0.3) is 0 Å². The van der Waals surface area contributed by atoms with E-state index in [9.17, 15) is 23.1 Å². The zero-order valence-electron chi connectivity index (χ0n) is 18.7. The van der Waals surface area contributed by atoms with Crippen LogP contribution in [0.5, 0.6) is 5.75 Å². The summed E-state index contributed by atoms with van der Waals surface area (Å²) in [6, 6.07) is 6.67. The first-order chi connectivity index (χ1) is 16.7. The minimum atomic E-state index is -3.00. The van der Waals surface area contributed by atoms with Crippen molar-refractivity contribution in [2.24, 2.45) is 0 Å². The van der Waals surface area contributed by atoms with Crippen molar-refractivity contribution >= 4 is 23.6 Å². The van der Waals surface area contributed by atoms with Crippen LogP contribution in [0.1, 0.15) is 24.3 Å². The Morgan fingerprint density at radius 1 is 1.20 bits per heavy atom. The Morgan fingerprint density at radius 3 is 2.51 bits per heavy atom. The predicted octanol–water partition coefficient (Wildman–Crippen LogP) is 3.73. The molecule has 3 aromatic rings. The molecule has 0 bridgehead atoms. The van der Waals surface area contributed by atoms with Crippen LogP contribution < -0.4 is 15.0 Å². The third-order valence-electron chi connectivity index (χ3n) is 5.07. The summed E-state index contributed by atoms with van der Waals surface area (Å²) in [6.07, 6.45) is 0.911. The Morgan fingerprint density at radius 2 is 1.89 bits per heavy atom. The van der Waals surface area contributed by atoms with Crippen LogP contribution in [0.4, 0.5) is 30.8 Å². The lowest BCUT2D eigenvalue weighted by Crippen LogP contribution is -2.46. The molecule has 0 radical (unpaired) electrons. The number of morpholine rings is 1. The van der Waals surface area contributed by atoms with E-state index in [-0.39, 0.29) is 40.9 Å². The van der Waals surface area contributed by atoms with Crippen LogP contribution in [-0.2, 0) is 4.74 Å². The molecule has 0 unspecified atom stereocenters. The summed E-state index contributed by atoms with van der Waals surface area (Å²) in [5.74, 6) is -2.06. The van der Waals surface area contributed by atoms with Crippen LogP contribution in [0.2, 0.25) is 0 Å². The minimum Gasteiger partial charge on any atom is -0.476 e. The van der Waals surface area contributed by atoms with E-state index in [2.05, 4.69) is 30.2 Å². The fourth-order valence-corrected chi connectivity index (χ4v) is 3.71. The van der Waals surface area contributed by atoms with Gasteiger partial charge in [0.15, 0.2) is 23.1 Å². The van der Waals surface area contributed by atoms with Crippen molar-refractivity contribution in [2.75, 3.05) is 23.3 Å². The summed E-state index contributed by atoms with van der Waals surface area (Å²) in [6.45, 7) is 1.89. The Balaban J connectivity index is 1.63. The monoisotopic (exact) mass is 490 g/mol. The second kappa shape index (κ2) is 10.1. The number of carbonyl (C=O) groups is 1. The fourth-order valence-electron chi connectivity index (χ4n) is 3.71. The van der Waals surface area contributed by atoms with Gasteiger partial charge in [0.2, 0.25) is 5.95 Å². The highest BCUT2D eigenvalue weighted by Crippen LogP contribution is 2.29. The number of hydrogen-bond acceptors (Lipinski definition) is 9. The van der Waals surface area contributed by atoms with Crippen LogP contribution in [0, 0.1) is 5.82 Å². The van der Waals surface area contributed by atoms with Gasteiger partial charge in [-0.05, 0) is 37.6 Å². The molecule has 0 saturated carbocycles. The summed E-state index contributed by atoms with van der Waals surface area (Å²) in [5, 5.41) is 19.8. The van der Waals surface area contributed by atoms with Crippen molar-refractivity contribution in [1.29, 1.82) is 0 Å². The summed E-state index contributed by atoms with van der Waals surface area (Å²) in [5.41, 5.74) is 0.101. The number of ether oxygens (including phenoxy) is 2. The van der Waals surface area contributed by atoms with Gasteiger partial charge in [-0.2, -0.15) is 13.8 Å². The van der Waals surface area contributed by atoms with Gasteiger partial charge in [-0.15, -0.1) is 10.2 Å². The molecule has 2 atom stereocenters. The third kappa shape index (κ3) is 5.74. The molecular weight excluding hydrogens is 469 g/mol. The van der Waals surface area contributed by atoms with Crippen molar-refractivity contribution in [1.82, 2.24) is 20.2 Å². The van der Waals surface area contributed by atoms with Crippen LogP contribution in [-0.4, -0.2) is 63.2 Å². The highest BCUT2D eigenvalue weighted by atomic mass is 19.3. The zero-order chi connectivity index (χ0) is 25.1. The quantitative estimate of drug-likeness (QED) is 0.506. The number of carboxylic acids is 1. The predicted molar refractivity (Wildman–Crippen MR) is 119 cm³/mol. The van der Waals surface area contributed by atoms with E-state index in [0.29, 0.717) is 24.6 Å². The largest absolute Gasteiger partial charge is 0.476 e. The normalized spacial score (nSPS) is 17.9. The average Bonchev–Trinajstić information content (AvgIpc) is 2.80. The lowest BCUT2D eigenvalue weighted by molar-refractivity contribution is -0.0498. The SMILES string of the molecule is C[C@@H]1CN(c2ncc(F)c(Nc3cc(-c4ccc(OC(F)F)cc4)c(C(=O)O)nn3)n2)C[C@H](C)O1. The van der Waals surface area contributed by atoms with Crippen LogP contribution in [0.3, 0.4) is 0 Å². The molecule has 1 saturated heterocycles. The number of aromatic carboxylic acids is 1. The van der Waals surface area contributed by atoms with E-state index < -0.39 is 18.4 Å². The van der Waals surface area contributed by atoms with Gasteiger partial charge in [0.1, 0.15) is 5.75 Å². The smallest absolute Gasteiger partial charge is 0.387 e. The standard InChI is InChI=1S/C22H21F3N6O4/c1-11-9-31(10-12(2)34-11)22-26-8-16(23)19(28-22)27-17-7-15(18(20(32)33)30-29-17)13-3-5-14(6-4-13)35-21(24)25/h3-8,11-12,21H,9-10H2,1-2H3,(H,32,33)(H,26,27,28,29)/t11-,12+. The Kier molecular flexibility index (Phi) is 6.96. The maximum atomic E-state index is 14.5. The Bertz CT molecular complexity index is 1200. The van der Waals surface area contributed by atoms with E-state index in [1.165, 1.54) is 30.3 Å². The first kappa shape index (κ1) is 24.1. The highest BCUT2D eigenvalue weighted by molar-refractivity contribution is 5.94. The van der Waals surface area contributed by atoms with Crippen LogP contribution >= 0.6 is 0 Å². The summed E-state index contributed by atoms with van der Waals surface area (Å²) >= 11 is 0. The van der Waals surface area contributed by atoms with Gasteiger partial charge in [-0.3, -0.25) is 0 Å². The number of carboxylic acid groups (broad SMARTS) is 1. The third-order valence-corrected chi connectivity index (χ3v) is 5.07. The molecule has 13 heteroatoms. The van der Waals surface area contributed by atoms with Gasteiger partial charge < -0.3 is 24.8 Å². The molecule has 2 N–H and O–H groups in total. The van der Waals surface area contributed by atoms with E-state index in [1.807, 2.05) is 18.7 Å². The molecule has 0 aliphatic carbocycles. The van der Waals surface area contributed by atoms with Crippen molar-refractivity contribution in [2.45, 2.75) is 32.7 Å². The maximum Gasteiger partial charge on any atom is 0.387 e. The molecule has 1 aromatic carbocycles. The molecule has 1 fully saturated rings. The summed E-state index contributed by atoms with van der Waals surface area (Å²) in [7, 11) is 0. The minimum absolute atomic E-state index is 0.0187. The maximum absolute atomic E-state index is 14.5. The van der Waals surface area contributed by atoms with Gasteiger partial charge in [0, 0.05) is 18.7 Å². The number of nitrogens with zero attached hydrogens (tertiary/aromatic N) is 5. The van der Waals surface area contributed by atoms with Crippen molar-refractivity contribution in [3.63, 3.8) is 0 Å². The number of nitrogens with one attached hydrogen (secondary N) is 1. The molecule has 184 valence electrons. The second-order valence-electron chi connectivity index (χ2n) is 7.85. The van der Waals surface area contributed by atoms with Crippen molar-refractivity contribution < 1.29 is 32.5 Å². The van der Waals surface area contributed by atoms with Gasteiger partial charge in [-0.1, -0.05) is 12.1 Å². The number of anilines is 3. The summed E-state index contributed by atoms with van der Waals surface area (Å²) < 4.78 is 49.4. The molecule has 3 heterocycles. The highest BCUT2D eigenvalue weighted by Gasteiger charge is 2.25. The molecule has 0 spiro atoms. The van der Waals surface area contributed by atoms with Gasteiger partial charge in [0.05, 0.1) is 18.4 Å². The topological polar surface area (TPSA) is 123 Å². The number of halogens is 3. The number of rotatable bonds is 7. The van der Waals surface area contributed by atoms with E-state index in [0.717, 1.165) is 6.20 Å². The molecule has 2 aromatic heterocycles. The van der Waals surface area contributed by atoms with Crippen molar-refractivity contribution in [3.8, 4) is 16.9 Å². The van der Waals surface area contributed by atoms with Gasteiger partial charge >= 0.3 is 12.6 Å². The van der Waals surface area contributed by atoms with Gasteiger partial charge in [-0.25, -0.2) is 14.2 Å². The first-order valence-corrected chi connectivity index (χ1v) is 10.6. The lowest BCUT2D eigenvalue weighted by atomic mass is 10.0. The molecular formula is C22H21F3N6O4. The van der Waals surface area contributed by atoms with Crippen LogP contribution in [0.15, 0.2) is 36.5 Å². The molecule has 1 aliphatic heterocycles. The number of aromatic nitrogens is 4. The Hall–Kier alpha value is -4.00.